The smallest absolute Gasteiger partial charge is 0.158 e. The molecular formula is C18H12O2. The molecule has 0 radical (unpaired) electrons. The fourth-order valence-electron chi connectivity index (χ4n) is 2.85. The van der Waals surface area contributed by atoms with Gasteiger partial charge in [-0.05, 0) is 44.5 Å². The van der Waals surface area contributed by atoms with E-state index in [0.717, 1.165) is 21.5 Å². The third-order valence-corrected chi connectivity index (χ3v) is 3.84. The van der Waals surface area contributed by atoms with Crippen molar-refractivity contribution in [1.82, 2.24) is 0 Å². The lowest BCUT2D eigenvalue weighted by Gasteiger charge is -2.08. The first-order valence-electron chi connectivity index (χ1n) is 6.50. The van der Waals surface area contributed by atoms with Gasteiger partial charge in [-0.3, -0.25) is 0 Å². The maximum Gasteiger partial charge on any atom is 0.158 e. The van der Waals surface area contributed by atoms with Gasteiger partial charge >= 0.3 is 0 Å². The first-order chi connectivity index (χ1) is 9.74. The molecule has 0 spiro atoms. The Balaban J connectivity index is 2.25. The van der Waals surface area contributed by atoms with Crippen molar-refractivity contribution in [2.75, 3.05) is 0 Å². The lowest BCUT2D eigenvalue weighted by Crippen LogP contribution is -1.81. The van der Waals surface area contributed by atoms with Crippen LogP contribution in [0.3, 0.4) is 0 Å². The van der Waals surface area contributed by atoms with Crippen molar-refractivity contribution in [3.8, 4) is 11.5 Å². The molecule has 4 aromatic rings. The summed E-state index contributed by atoms with van der Waals surface area (Å²) in [6.45, 7) is 0. The lowest BCUT2D eigenvalue weighted by molar-refractivity contribution is 0.405. The van der Waals surface area contributed by atoms with E-state index in [4.69, 9.17) is 0 Å². The summed E-state index contributed by atoms with van der Waals surface area (Å²) in [5.74, 6) is -0.171. The molecule has 0 aromatic heterocycles. The number of phenols is 2. The molecule has 0 fully saturated rings. The van der Waals surface area contributed by atoms with Gasteiger partial charge in [-0.25, -0.2) is 0 Å². The number of rotatable bonds is 0. The summed E-state index contributed by atoms with van der Waals surface area (Å²) in [7, 11) is 0. The normalized spacial score (nSPS) is 11.4. The summed E-state index contributed by atoms with van der Waals surface area (Å²) in [6, 6.07) is 19.7. The molecule has 4 rings (SSSR count). The molecule has 96 valence electrons. The molecule has 2 heteroatoms. The van der Waals surface area contributed by atoms with Crippen molar-refractivity contribution in [1.29, 1.82) is 0 Å². The Kier molecular flexibility index (Phi) is 2.15. The third kappa shape index (κ3) is 1.45. The molecule has 0 unspecified atom stereocenters. The van der Waals surface area contributed by atoms with E-state index in [2.05, 4.69) is 30.3 Å². The van der Waals surface area contributed by atoms with Gasteiger partial charge in [0.15, 0.2) is 11.5 Å². The zero-order chi connectivity index (χ0) is 13.7. The number of hydrogen-bond donors (Lipinski definition) is 2. The van der Waals surface area contributed by atoms with Crippen molar-refractivity contribution in [3.63, 3.8) is 0 Å². The van der Waals surface area contributed by atoms with Crippen molar-refractivity contribution in [3.05, 3.63) is 60.7 Å². The molecule has 2 nitrogen and oxygen atoms in total. The van der Waals surface area contributed by atoms with E-state index in [1.54, 1.807) is 12.1 Å². The number of aromatic hydroxyl groups is 2. The van der Waals surface area contributed by atoms with Crippen LogP contribution in [0, 0.1) is 0 Å². The van der Waals surface area contributed by atoms with Crippen LogP contribution in [-0.4, -0.2) is 10.2 Å². The van der Waals surface area contributed by atoms with Crippen LogP contribution in [-0.2, 0) is 0 Å². The molecule has 0 saturated carbocycles. The van der Waals surface area contributed by atoms with Crippen LogP contribution >= 0.6 is 0 Å². The molecule has 0 atom stereocenters. The highest BCUT2D eigenvalue weighted by Crippen LogP contribution is 2.36. The molecule has 0 aliphatic heterocycles. The van der Waals surface area contributed by atoms with Gasteiger partial charge < -0.3 is 10.2 Å². The van der Waals surface area contributed by atoms with E-state index in [1.165, 1.54) is 10.8 Å². The van der Waals surface area contributed by atoms with Crippen LogP contribution in [0.15, 0.2) is 60.7 Å². The van der Waals surface area contributed by atoms with Crippen LogP contribution in [0.5, 0.6) is 11.5 Å². The van der Waals surface area contributed by atoms with E-state index < -0.39 is 0 Å². The first-order valence-corrected chi connectivity index (χ1v) is 6.50. The average Bonchev–Trinajstić information content (AvgIpc) is 2.48. The minimum atomic E-state index is -0.0855. The summed E-state index contributed by atoms with van der Waals surface area (Å²) >= 11 is 0. The van der Waals surface area contributed by atoms with Crippen LogP contribution < -0.4 is 0 Å². The van der Waals surface area contributed by atoms with E-state index in [-0.39, 0.29) is 11.5 Å². The Hall–Kier alpha value is -2.74. The monoisotopic (exact) mass is 260 g/mol. The number of hydrogen-bond acceptors (Lipinski definition) is 2. The van der Waals surface area contributed by atoms with E-state index in [9.17, 15) is 10.2 Å². The van der Waals surface area contributed by atoms with Gasteiger partial charge in [0.05, 0.1) is 0 Å². The molecule has 4 aromatic carbocycles. The highest BCUT2D eigenvalue weighted by molar-refractivity contribution is 6.17. The Morgan fingerprint density at radius 3 is 2.00 bits per heavy atom. The minimum absolute atomic E-state index is 0.0850. The molecule has 20 heavy (non-hydrogen) atoms. The summed E-state index contributed by atoms with van der Waals surface area (Å²) in [5.41, 5.74) is 0. The third-order valence-electron chi connectivity index (χ3n) is 3.84. The van der Waals surface area contributed by atoms with Crippen molar-refractivity contribution in [2.45, 2.75) is 0 Å². The minimum Gasteiger partial charge on any atom is -0.504 e. The zero-order valence-electron chi connectivity index (χ0n) is 10.7. The summed E-state index contributed by atoms with van der Waals surface area (Å²) in [4.78, 5) is 0. The molecular weight excluding hydrogens is 248 g/mol. The Morgan fingerprint density at radius 1 is 0.500 bits per heavy atom. The maximum absolute atomic E-state index is 9.74. The van der Waals surface area contributed by atoms with E-state index in [1.807, 2.05) is 18.2 Å². The predicted octanol–water partition coefficient (Wildman–Crippen LogP) is 4.56. The van der Waals surface area contributed by atoms with Gasteiger partial charge in [0.25, 0.3) is 0 Å². The van der Waals surface area contributed by atoms with Crippen LogP contribution in [0.4, 0.5) is 0 Å². The van der Waals surface area contributed by atoms with Crippen molar-refractivity contribution in [2.24, 2.45) is 0 Å². The largest absolute Gasteiger partial charge is 0.504 e. The topological polar surface area (TPSA) is 40.5 Å². The molecule has 0 amide bonds. The highest BCUT2D eigenvalue weighted by atomic mass is 16.3. The Labute approximate surface area is 115 Å². The summed E-state index contributed by atoms with van der Waals surface area (Å²) in [6.07, 6.45) is 0. The quantitative estimate of drug-likeness (QED) is 0.359. The summed E-state index contributed by atoms with van der Waals surface area (Å²) in [5, 5.41) is 25.8. The highest BCUT2D eigenvalue weighted by Gasteiger charge is 2.07. The van der Waals surface area contributed by atoms with Gasteiger partial charge in [0.1, 0.15) is 0 Å². The second-order valence-corrected chi connectivity index (χ2v) is 5.01. The molecule has 0 heterocycles. The lowest BCUT2D eigenvalue weighted by atomic mass is 9.97. The second-order valence-electron chi connectivity index (χ2n) is 5.01. The average molecular weight is 260 g/mol. The molecule has 0 aliphatic carbocycles. The zero-order valence-corrected chi connectivity index (χ0v) is 10.7. The Morgan fingerprint density at radius 2 is 1.15 bits per heavy atom. The number of benzene rings is 4. The second kappa shape index (κ2) is 3.87. The van der Waals surface area contributed by atoms with Gasteiger partial charge in [-0.1, -0.05) is 48.5 Å². The van der Waals surface area contributed by atoms with E-state index in [0.29, 0.717) is 0 Å². The van der Waals surface area contributed by atoms with Crippen LogP contribution in [0.1, 0.15) is 0 Å². The molecule has 0 saturated heterocycles. The molecule has 0 aliphatic rings. The predicted molar refractivity (Wildman–Crippen MR) is 82.3 cm³/mol. The van der Waals surface area contributed by atoms with Crippen molar-refractivity contribution >= 4 is 32.3 Å². The maximum atomic E-state index is 9.74. The van der Waals surface area contributed by atoms with Gasteiger partial charge in [-0.15, -0.1) is 0 Å². The number of phenolic OH excluding ortho intramolecular Hbond substituents is 2. The van der Waals surface area contributed by atoms with Gasteiger partial charge in [0, 0.05) is 0 Å². The van der Waals surface area contributed by atoms with Crippen LogP contribution in [0.25, 0.3) is 32.3 Å². The molecule has 2 N–H and O–H groups in total. The fraction of sp³-hybridized carbons (Fsp3) is 0. The standard InChI is InChI=1S/C18H12O2/c19-17-9-12-6-8-14-13-4-2-1-3-11(13)5-7-15(14)16(12)10-18(17)20/h1-10,19-20H. The van der Waals surface area contributed by atoms with Gasteiger partial charge in [0.2, 0.25) is 0 Å². The fourth-order valence-corrected chi connectivity index (χ4v) is 2.85. The van der Waals surface area contributed by atoms with Crippen LogP contribution in [0.2, 0.25) is 0 Å². The number of fused-ring (bicyclic) bond motifs is 5. The first kappa shape index (κ1) is 11.1. The summed E-state index contributed by atoms with van der Waals surface area (Å²) < 4.78 is 0. The molecule has 0 bridgehead atoms. The van der Waals surface area contributed by atoms with Gasteiger partial charge in [-0.2, -0.15) is 0 Å². The Bertz CT molecular complexity index is 971. The van der Waals surface area contributed by atoms with Crippen molar-refractivity contribution < 1.29 is 10.2 Å². The SMILES string of the molecule is Oc1cc2ccc3c4ccccc4ccc3c2cc1O. The van der Waals surface area contributed by atoms with E-state index >= 15 is 0 Å².